The Morgan fingerprint density at radius 1 is 1.43 bits per heavy atom. The van der Waals surface area contributed by atoms with Gasteiger partial charge in [0.2, 0.25) is 0 Å². The molecular weight excluding hydrogens is 215 g/mol. The van der Waals surface area contributed by atoms with Crippen LogP contribution in [0.2, 0.25) is 0 Å². The van der Waals surface area contributed by atoms with E-state index in [2.05, 4.69) is 5.10 Å². The fourth-order valence-corrected chi connectivity index (χ4v) is 1.11. The van der Waals surface area contributed by atoms with Crippen molar-refractivity contribution in [3.8, 4) is 5.75 Å². The lowest BCUT2D eigenvalue weighted by atomic mass is 10.2. The molecule has 0 radical (unpaired) electrons. The molecule has 0 fully saturated rings. The van der Waals surface area contributed by atoms with Gasteiger partial charge in [-0.15, -0.1) is 9.88 Å². The van der Waals surface area contributed by atoms with Gasteiger partial charge in [0.1, 0.15) is 12.4 Å². The standard InChI is InChI=1S/C9H11N2OPS/c1-11(13(2)14)10-7-8-3-5-9(12)6-4-8/h3-7H,1-2H3/p+1. The average molecular weight is 227 g/mol. The van der Waals surface area contributed by atoms with Crippen LogP contribution in [0.3, 0.4) is 0 Å². The van der Waals surface area contributed by atoms with Crippen LogP contribution < -0.4 is 0 Å². The smallest absolute Gasteiger partial charge is 0.306 e. The van der Waals surface area contributed by atoms with Gasteiger partial charge in [-0.2, -0.15) is 0 Å². The number of benzene rings is 1. The predicted molar refractivity (Wildman–Crippen MR) is 63.7 cm³/mol. The molecule has 0 aromatic heterocycles. The van der Waals surface area contributed by atoms with Crippen molar-refractivity contribution in [2.75, 3.05) is 13.7 Å². The molecule has 0 heterocycles. The van der Waals surface area contributed by atoms with Crippen molar-refractivity contribution in [1.29, 1.82) is 0 Å². The van der Waals surface area contributed by atoms with Crippen LogP contribution in [0, 0.1) is 0 Å². The number of hydrogen-bond donors (Lipinski definition) is 1. The number of aromatic hydroxyl groups is 1. The molecule has 0 aliphatic rings. The van der Waals surface area contributed by atoms with E-state index < -0.39 is 6.85 Å². The van der Waals surface area contributed by atoms with E-state index in [-0.39, 0.29) is 5.75 Å². The van der Waals surface area contributed by atoms with E-state index in [4.69, 9.17) is 16.9 Å². The fraction of sp³-hybridized carbons (Fsp3) is 0.222. The number of rotatable bonds is 3. The molecule has 0 bridgehead atoms. The minimum atomic E-state index is -0.595. The van der Waals surface area contributed by atoms with E-state index in [9.17, 15) is 0 Å². The van der Waals surface area contributed by atoms with E-state index in [0.717, 1.165) is 5.56 Å². The third-order valence-corrected chi connectivity index (χ3v) is 3.30. The number of hydrazone groups is 1. The summed E-state index contributed by atoms with van der Waals surface area (Å²) in [4.78, 5) is 0. The zero-order chi connectivity index (χ0) is 10.6. The molecule has 1 N–H and O–H groups in total. The van der Waals surface area contributed by atoms with Crippen molar-refractivity contribution in [2.45, 2.75) is 0 Å². The van der Waals surface area contributed by atoms with E-state index in [0.29, 0.717) is 0 Å². The lowest BCUT2D eigenvalue weighted by Crippen LogP contribution is -1.98. The summed E-state index contributed by atoms with van der Waals surface area (Å²) in [7, 11) is 1.86. The average Bonchev–Trinajstić information content (AvgIpc) is 2.16. The first-order valence-electron chi connectivity index (χ1n) is 4.07. The van der Waals surface area contributed by atoms with Gasteiger partial charge in [-0.3, -0.25) is 0 Å². The molecule has 0 aliphatic heterocycles. The normalized spacial score (nSPS) is 11.7. The summed E-state index contributed by atoms with van der Waals surface area (Å²) in [6.45, 7) is 1.36. The van der Waals surface area contributed by atoms with Crippen molar-refractivity contribution in [3.63, 3.8) is 0 Å². The largest absolute Gasteiger partial charge is 0.508 e. The van der Waals surface area contributed by atoms with Gasteiger partial charge in [0.15, 0.2) is 11.8 Å². The van der Waals surface area contributed by atoms with Crippen LogP contribution >= 0.6 is 6.85 Å². The second-order valence-corrected chi connectivity index (χ2v) is 5.88. The molecule has 1 unspecified atom stereocenters. The predicted octanol–water partition coefficient (Wildman–Crippen LogP) is 2.15. The summed E-state index contributed by atoms with van der Waals surface area (Å²) in [5.74, 6) is 0.261. The summed E-state index contributed by atoms with van der Waals surface area (Å²) < 4.78 is 1.76. The van der Waals surface area contributed by atoms with Gasteiger partial charge >= 0.3 is 6.85 Å². The zero-order valence-electron chi connectivity index (χ0n) is 8.08. The van der Waals surface area contributed by atoms with Crippen molar-refractivity contribution in [3.05, 3.63) is 29.8 Å². The van der Waals surface area contributed by atoms with Crippen molar-refractivity contribution < 1.29 is 5.11 Å². The number of phenols is 1. The van der Waals surface area contributed by atoms with E-state index in [1.165, 1.54) is 0 Å². The van der Waals surface area contributed by atoms with Crippen LogP contribution in [0.15, 0.2) is 29.4 Å². The lowest BCUT2D eigenvalue weighted by molar-refractivity contribution is 0.475. The summed E-state index contributed by atoms with van der Waals surface area (Å²) in [6.07, 6.45) is 1.73. The molecule has 0 aliphatic carbocycles. The minimum Gasteiger partial charge on any atom is -0.508 e. The maximum atomic E-state index is 9.05. The first kappa shape index (κ1) is 11.1. The summed E-state index contributed by atoms with van der Waals surface area (Å²) in [6, 6.07) is 6.86. The zero-order valence-corrected chi connectivity index (χ0v) is 9.79. The molecular formula is C9H12N2OPS+. The molecule has 3 nitrogen and oxygen atoms in total. The summed E-state index contributed by atoms with van der Waals surface area (Å²) in [5.41, 5.74) is 0.946. The molecule has 1 aromatic carbocycles. The Balaban J connectivity index is 2.69. The van der Waals surface area contributed by atoms with Gasteiger partial charge in [0.05, 0.1) is 13.3 Å². The van der Waals surface area contributed by atoms with Gasteiger partial charge in [-0.1, -0.05) is 0 Å². The molecule has 14 heavy (non-hydrogen) atoms. The summed E-state index contributed by atoms with van der Waals surface area (Å²) in [5, 5.41) is 13.2. The summed E-state index contributed by atoms with van der Waals surface area (Å²) >= 11 is 5.07. The van der Waals surface area contributed by atoms with Gasteiger partial charge in [-0.05, 0) is 29.8 Å². The maximum Gasteiger partial charge on any atom is 0.306 e. The Hall–Kier alpha value is -0.990. The SMILES string of the molecule is CN(N=Cc1ccc(O)cc1)[P+](C)=S. The van der Waals surface area contributed by atoms with Crippen LogP contribution in [-0.2, 0) is 11.8 Å². The fourth-order valence-electron chi connectivity index (χ4n) is 0.783. The Morgan fingerprint density at radius 2 is 2.00 bits per heavy atom. The van der Waals surface area contributed by atoms with Crippen molar-refractivity contribution in [1.82, 2.24) is 4.78 Å². The number of phenolic OH excluding ortho intramolecular Hbond substituents is 1. The Kier molecular flexibility index (Phi) is 3.98. The third-order valence-electron chi connectivity index (χ3n) is 1.67. The van der Waals surface area contributed by atoms with Crippen LogP contribution in [0.4, 0.5) is 0 Å². The maximum absolute atomic E-state index is 9.05. The Labute approximate surface area is 89.5 Å². The Bertz CT molecular complexity index is 350. The number of hydrogen-bond acceptors (Lipinski definition) is 3. The van der Waals surface area contributed by atoms with Gasteiger partial charge in [0.25, 0.3) is 0 Å². The lowest BCUT2D eigenvalue weighted by Gasteiger charge is -1.98. The highest BCUT2D eigenvalue weighted by atomic mass is 32.4. The Morgan fingerprint density at radius 3 is 2.50 bits per heavy atom. The second-order valence-electron chi connectivity index (χ2n) is 2.79. The highest BCUT2D eigenvalue weighted by Gasteiger charge is 2.05. The molecule has 1 rings (SSSR count). The topological polar surface area (TPSA) is 35.8 Å². The second kappa shape index (κ2) is 5.03. The molecule has 0 spiro atoms. The quantitative estimate of drug-likeness (QED) is 0.488. The van der Waals surface area contributed by atoms with E-state index >= 15 is 0 Å². The highest BCUT2D eigenvalue weighted by molar-refractivity contribution is 8.03. The first-order chi connectivity index (χ1) is 6.59. The molecule has 1 atom stereocenters. The first-order valence-corrected chi connectivity index (χ1v) is 6.82. The molecule has 1 aromatic rings. The van der Waals surface area contributed by atoms with Crippen molar-refractivity contribution >= 4 is 24.9 Å². The van der Waals surface area contributed by atoms with Crippen molar-refractivity contribution in [2.24, 2.45) is 5.10 Å². The van der Waals surface area contributed by atoms with Crippen LogP contribution in [0.25, 0.3) is 0 Å². The number of nitrogens with zero attached hydrogens (tertiary/aromatic N) is 2. The van der Waals surface area contributed by atoms with Gasteiger partial charge in [0, 0.05) is 0 Å². The molecule has 0 saturated carbocycles. The molecule has 74 valence electrons. The molecule has 0 amide bonds. The molecule has 0 saturated heterocycles. The van der Waals surface area contributed by atoms with Crippen LogP contribution in [-0.4, -0.2) is 29.8 Å². The van der Waals surface area contributed by atoms with Crippen LogP contribution in [0.5, 0.6) is 5.75 Å². The highest BCUT2D eigenvalue weighted by Crippen LogP contribution is 2.19. The minimum absolute atomic E-state index is 0.261. The van der Waals surface area contributed by atoms with E-state index in [1.54, 1.807) is 35.3 Å². The van der Waals surface area contributed by atoms with Gasteiger partial charge < -0.3 is 5.11 Å². The van der Waals surface area contributed by atoms with Crippen LogP contribution in [0.1, 0.15) is 5.56 Å². The molecule has 5 heteroatoms. The van der Waals surface area contributed by atoms with Gasteiger partial charge in [-0.25, -0.2) is 0 Å². The third kappa shape index (κ3) is 3.40. The monoisotopic (exact) mass is 227 g/mol. The van der Waals surface area contributed by atoms with E-state index in [1.807, 2.05) is 13.7 Å².